The average Bonchev–Trinajstić information content (AvgIpc) is 2.25. The molecule has 0 aliphatic carbocycles. The molecule has 1 aliphatic heterocycles. The maximum atomic E-state index is 6.11. The molecule has 0 spiro atoms. The van der Waals surface area contributed by atoms with E-state index in [1.165, 1.54) is 49.2 Å². The highest BCUT2D eigenvalue weighted by Crippen LogP contribution is 2.28. The van der Waals surface area contributed by atoms with Crippen LogP contribution in [0.25, 0.3) is 0 Å². The van der Waals surface area contributed by atoms with Crippen LogP contribution in [0, 0.1) is 13.8 Å². The zero-order chi connectivity index (χ0) is 10.8. The van der Waals surface area contributed by atoms with E-state index in [1.807, 2.05) is 0 Å². The number of hydrogen-bond acceptors (Lipinski definition) is 1. The minimum atomic E-state index is 0.883. The maximum Gasteiger partial charge on any atom is 0.0439 e. The standard InChI is InChI=1S/C13H18ClN/c1-10-9-13(11(2)8-12(10)14)15-6-4-3-5-7-15/h8-9H,3-7H2,1-2H3. The summed E-state index contributed by atoms with van der Waals surface area (Å²) in [6, 6.07) is 4.31. The van der Waals surface area contributed by atoms with Gasteiger partial charge in [-0.3, -0.25) is 0 Å². The Morgan fingerprint density at radius 3 is 2.33 bits per heavy atom. The quantitative estimate of drug-likeness (QED) is 0.697. The van der Waals surface area contributed by atoms with E-state index in [-0.39, 0.29) is 0 Å². The molecule has 0 bridgehead atoms. The van der Waals surface area contributed by atoms with Gasteiger partial charge in [0.2, 0.25) is 0 Å². The van der Waals surface area contributed by atoms with Crippen LogP contribution in [-0.2, 0) is 0 Å². The third-order valence-corrected chi connectivity index (χ3v) is 3.58. The minimum absolute atomic E-state index is 0.883. The average molecular weight is 224 g/mol. The second kappa shape index (κ2) is 4.44. The monoisotopic (exact) mass is 223 g/mol. The van der Waals surface area contributed by atoms with Crippen LogP contribution in [0.5, 0.6) is 0 Å². The van der Waals surface area contributed by atoms with E-state index in [4.69, 9.17) is 11.6 Å². The van der Waals surface area contributed by atoms with Crippen molar-refractivity contribution < 1.29 is 0 Å². The van der Waals surface area contributed by atoms with Gasteiger partial charge >= 0.3 is 0 Å². The first-order chi connectivity index (χ1) is 7.18. The Bertz CT molecular complexity index is 354. The minimum Gasteiger partial charge on any atom is -0.371 e. The fourth-order valence-corrected chi connectivity index (χ4v) is 2.46. The lowest BCUT2D eigenvalue weighted by molar-refractivity contribution is 0.577. The molecule has 1 aliphatic rings. The van der Waals surface area contributed by atoms with Gasteiger partial charge in [0, 0.05) is 23.8 Å². The lowest BCUT2D eigenvalue weighted by Gasteiger charge is -2.30. The van der Waals surface area contributed by atoms with E-state index < -0.39 is 0 Å². The summed E-state index contributed by atoms with van der Waals surface area (Å²) in [6.07, 6.45) is 4.02. The van der Waals surface area contributed by atoms with Crippen LogP contribution in [0.15, 0.2) is 12.1 Å². The van der Waals surface area contributed by atoms with E-state index in [0.717, 1.165) is 5.02 Å². The molecular weight excluding hydrogens is 206 g/mol. The molecule has 1 saturated heterocycles. The molecular formula is C13H18ClN. The molecule has 0 saturated carbocycles. The van der Waals surface area contributed by atoms with Crippen molar-refractivity contribution in [2.45, 2.75) is 33.1 Å². The van der Waals surface area contributed by atoms with Gasteiger partial charge in [0.15, 0.2) is 0 Å². The molecule has 2 heteroatoms. The van der Waals surface area contributed by atoms with Crippen LogP contribution in [0.3, 0.4) is 0 Å². The first kappa shape index (κ1) is 10.8. The fraction of sp³-hybridized carbons (Fsp3) is 0.538. The van der Waals surface area contributed by atoms with Crippen LogP contribution in [0.1, 0.15) is 30.4 Å². The van der Waals surface area contributed by atoms with E-state index in [2.05, 4.69) is 30.9 Å². The van der Waals surface area contributed by atoms with E-state index in [0.29, 0.717) is 0 Å². The van der Waals surface area contributed by atoms with Crippen molar-refractivity contribution in [3.05, 3.63) is 28.3 Å². The number of anilines is 1. The molecule has 1 aromatic carbocycles. The molecule has 82 valence electrons. The molecule has 1 heterocycles. The van der Waals surface area contributed by atoms with Crippen molar-refractivity contribution in [2.24, 2.45) is 0 Å². The molecule has 0 amide bonds. The summed E-state index contributed by atoms with van der Waals surface area (Å²) in [6.45, 7) is 6.62. The van der Waals surface area contributed by atoms with Crippen LogP contribution >= 0.6 is 11.6 Å². The smallest absolute Gasteiger partial charge is 0.0439 e. The lowest BCUT2D eigenvalue weighted by atomic mass is 10.1. The van der Waals surface area contributed by atoms with Gasteiger partial charge < -0.3 is 4.90 Å². The second-order valence-corrected chi connectivity index (χ2v) is 4.84. The highest BCUT2D eigenvalue weighted by Gasteiger charge is 2.13. The summed E-state index contributed by atoms with van der Waals surface area (Å²) in [7, 11) is 0. The predicted octanol–water partition coefficient (Wildman–Crippen LogP) is 3.95. The van der Waals surface area contributed by atoms with E-state index in [1.54, 1.807) is 0 Å². The van der Waals surface area contributed by atoms with Gasteiger partial charge in [0.05, 0.1) is 0 Å². The molecule has 0 atom stereocenters. The predicted molar refractivity (Wildman–Crippen MR) is 67.0 cm³/mol. The number of rotatable bonds is 1. The van der Waals surface area contributed by atoms with Gasteiger partial charge in [-0.2, -0.15) is 0 Å². The van der Waals surface area contributed by atoms with Crippen molar-refractivity contribution >= 4 is 17.3 Å². The molecule has 1 fully saturated rings. The number of nitrogens with zero attached hydrogens (tertiary/aromatic N) is 1. The fourth-order valence-electron chi connectivity index (χ4n) is 2.24. The third kappa shape index (κ3) is 2.28. The number of benzene rings is 1. The molecule has 1 aromatic rings. The van der Waals surface area contributed by atoms with Gasteiger partial charge in [-0.1, -0.05) is 11.6 Å². The highest BCUT2D eigenvalue weighted by molar-refractivity contribution is 6.31. The summed E-state index contributed by atoms with van der Waals surface area (Å²) in [5.74, 6) is 0. The first-order valence-corrected chi connectivity index (χ1v) is 6.08. The lowest BCUT2D eigenvalue weighted by Crippen LogP contribution is -2.30. The van der Waals surface area contributed by atoms with Crippen molar-refractivity contribution in [3.63, 3.8) is 0 Å². The summed E-state index contributed by atoms with van der Waals surface area (Å²) in [5.41, 5.74) is 3.85. The Kier molecular flexibility index (Phi) is 3.20. The number of halogens is 1. The normalized spacial score (nSPS) is 16.9. The summed E-state index contributed by atoms with van der Waals surface area (Å²) >= 11 is 6.11. The molecule has 15 heavy (non-hydrogen) atoms. The van der Waals surface area contributed by atoms with Gasteiger partial charge in [0.25, 0.3) is 0 Å². The van der Waals surface area contributed by atoms with Crippen LogP contribution < -0.4 is 4.90 Å². The Hall–Kier alpha value is -0.690. The molecule has 0 N–H and O–H groups in total. The Morgan fingerprint density at radius 1 is 1.00 bits per heavy atom. The summed E-state index contributed by atoms with van der Waals surface area (Å²) in [4.78, 5) is 2.49. The van der Waals surface area contributed by atoms with Crippen LogP contribution in [-0.4, -0.2) is 13.1 Å². The van der Waals surface area contributed by atoms with Gasteiger partial charge in [-0.05, 0) is 56.4 Å². The first-order valence-electron chi connectivity index (χ1n) is 5.70. The van der Waals surface area contributed by atoms with Crippen molar-refractivity contribution in [2.75, 3.05) is 18.0 Å². The number of aryl methyl sites for hydroxylation is 2. The third-order valence-electron chi connectivity index (χ3n) is 3.17. The van der Waals surface area contributed by atoms with Gasteiger partial charge in [-0.15, -0.1) is 0 Å². The Morgan fingerprint density at radius 2 is 1.67 bits per heavy atom. The van der Waals surface area contributed by atoms with Crippen molar-refractivity contribution in [1.29, 1.82) is 0 Å². The molecule has 2 rings (SSSR count). The molecule has 0 aromatic heterocycles. The number of hydrogen-bond donors (Lipinski definition) is 0. The molecule has 0 unspecified atom stereocenters. The summed E-state index contributed by atoms with van der Waals surface area (Å²) < 4.78 is 0. The molecule has 0 radical (unpaired) electrons. The summed E-state index contributed by atoms with van der Waals surface area (Å²) in [5, 5.41) is 0.883. The maximum absolute atomic E-state index is 6.11. The highest BCUT2D eigenvalue weighted by atomic mass is 35.5. The SMILES string of the molecule is Cc1cc(N2CCCCC2)c(C)cc1Cl. The van der Waals surface area contributed by atoms with Gasteiger partial charge in [-0.25, -0.2) is 0 Å². The van der Waals surface area contributed by atoms with Crippen molar-refractivity contribution in [3.8, 4) is 0 Å². The zero-order valence-corrected chi connectivity index (χ0v) is 10.3. The Balaban J connectivity index is 2.30. The number of piperidine rings is 1. The largest absolute Gasteiger partial charge is 0.371 e. The van der Waals surface area contributed by atoms with Crippen molar-refractivity contribution in [1.82, 2.24) is 0 Å². The topological polar surface area (TPSA) is 3.24 Å². The Labute approximate surface area is 97.0 Å². The van der Waals surface area contributed by atoms with Crippen LogP contribution in [0.4, 0.5) is 5.69 Å². The molecule has 1 nitrogen and oxygen atoms in total. The second-order valence-electron chi connectivity index (χ2n) is 4.44. The van der Waals surface area contributed by atoms with E-state index in [9.17, 15) is 0 Å². The zero-order valence-electron chi connectivity index (χ0n) is 9.52. The van der Waals surface area contributed by atoms with Crippen LogP contribution in [0.2, 0.25) is 5.02 Å². The van der Waals surface area contributed by atoms with Gasteiger partial charge in [0.1, 0.15) is 0 Å². The van der Waals surface area contributed by atoms with E-state index >= 15 is 0 Å².